The lowest BCUT2D eigenvalue weighted by Crippen LogP contribution is -2.40. The Kier molecular flexibility index (Phi) is 3.30. The van der Waals surface area contributed by atoms with Gasteiger partial charge in [-0.3, -0.25) is 9.59 Å². The fraction of sp³-hybridized carbons (Fsp3) is 0.467. The number of carbonyl (C=O) groups is 2. The number of hydrogen-bond donors (Lipinski definition) is 0. The van der Waals surface area contributed by atoms with Crippen molar-refractivity contribution in [2.75, 3.05) is 4.90 Å². The average molecular weight is 312 g/mol. The van der Waals surface area contributed by atoms with Crippen LogP contribution in [0.3, 0.4) is 0 Å². The van der Waals surface area contributed by atoms with Gasteiger partial charge in [-0.2, -0.15) is 0 Å². The quantitative estimate of drug-likeness (QED) is 0.586. The second-order valence-corrected chi connectivity index (χ2v) is 6.68. The first-order valence-electron chi connectivity index (χ1n) is 6.78. The summed E-state index contributed by atoms with van der Waals surface area (Å²) in [5, 5.41) is 0.586. The van der Waals surface area contributed by atoms with E-state index in [2.05, 4.69) is 0 Å². The molecule has 1 aromatic rings. The largest absolute Gasteiger partial charge is 0.274 e. The van der Waals surface area contributed by atoms with Gasteiger partial charge in [-0.1, -0.05) is 24.4 Å². The number of imide groups is 1. The molecule has 0 N–H and O–H groups in total. The van der Waals surface area contributed by atoms with Crippen molar-refractivity contribution in [3.8, 4) is 0 Å². The van der Waals surface area contributed by atoms with E-state index in [4.69, 9.17) is 23.2 Å². The maximum Gasteiger partial charge on any atom is 0.255 e. The number of fused-ring (bicyclic) bond motifs is 1. The Bertz CT molecular complexity index is 602. The van der Waals surface area contributed by atoms with Gasteiger partial charge in [0.2, 0.25) is 5.91 Å². The highest BCUT2D eigenvalue weighted by atomic mass is 35.5. The van der Waals surface area contributed by atoms with Gasteiger partial charge in [-0.15, -0.1) is 11.6 Å². The molecule has 2 unspecified atom stereocenters. The predicted molar refractivity (Wildman–Crippen MR) is 79.2 cm³/mol. The summed E-state index contributed by atoms with van der Waals surface area (Å²) in [6.07, 6.45) is 3.11. The van der Waals surface area contributed by atoms with E-state index in [0.717, 1.165) is 18.4 Å². The van der Waals surface area contributed by atoms with Gasteiger partial charge in [0.15, 0.2) is 0 Å². The average Bonchev–Trinajstić information content (AvgIpc) is 2.59. The smallest absolute Gasteiger partial charge is 0.255 e. The Labute approximate surface area is 127 Å². The highest BCUT2D eigenvalue weighted by Crippen LogP contribution is 2.47. The number of halogens is 2. The second-order valence-electron chi connectivity index (χ2n) is 5.57. The van der Waals surface area contributed by atoms with E-state index in [1.54, 1.807) is 18.2 Å². The summed E-state index contributed by atoms with van der Waals surface area (Å²) < 4.78 is 0. The first-order valence-corrected chi connectivity index (χ1v) is 7.54. The fourth-order valence-electron chi connectivity index (χ4n) is 3.25. The van der Waals surface area contributed by atoms with E-state index in [1.165, 1.54) is 4.90 Å². The van der Waals surface area contributed by atoms with Crippen LogP contribution in [0.5, 0.6) is 0 Å². The van der Waals surface area contributed by atoms with Crippen LogP contribution in [-0.4, -0.2) is 16.7 Å². The van der Waals surface area contributed by atoms with E-state index in [1.807, 2.05) is 6.92 Å². The fourth-order valence-corrected chi connectivity index (χ4v) is 3.90. The number of carbonyl (C=O) groups excluding carboxylic acids is 2. The summed E-state index contributed by atoms with van der Waals surface area (Å²) in [4.78, 5) is 25.4. The molecule has 5 heteroatoms. The number of alkyl halides is 1. The second kappa shape index (κ2) is 4.74. The van der Waals surface area contributed by atoms with Gasteiger partial charge < -0.3 is 0 Å². The Morgan fingerprint density at radius 3 is 2.70 bits per heavy atom. The first-order chi connectivity index (χ1) is 9.45. The van der Waals surface area contributed by atoms with Crippen molar-refractivity contribution in [2.24, 2.45) is 5.92 Å². The molecule has 2 fully saturated rings. The zero-order chi connectivity index (χ0) is 14.5. The molecule has 0 radical (unpaired) electrons. The molecule has 2 atom stereocenters. The molecule has 1 aliphatic carbocycles. The molecule has 2 amide bonds. The molecule has 1 saturated heterocycles. The van der Waals surface area contributed by atoms with E-state index in [9.17, 15) is 9.59 Å². The number of rotatable bonds is 1. The Morgan fingerprint density at radius 1 is 1.30 bits per heavy atom. The van der Waals surface area contributed by atoms with Crippen LogP contribution >= 0.6 is 23.2 Å². The third-order valence-corrected chi connectivity index (χ3v) is 5.16. The molecular weight excluding hydrogens is 297 g/mol. The van der Waals surface area contributed by atoms with E-state index >= 15 is 0 Å². The summed E-state index contributed by atoms with van der Waals surface area (Å²) in [5.41, 5.74) is 1.40. The van der Waals surface area contributed by atoms with Crippen LogP contribution < -0.4 is 4.90 Å². The molecule has 1 saturated carbocycles. The van der Waals surface area contributed by atoms with Crippen LogP contribution in [0.4, 0.5) is 5.69 Å². The van der Waals surface area contributed by atoms with Crippen LogP contribution in [0.15, 0.2) is 18.2 Å². The molecule has 1 heterocycles. The molecular formula is C15H15Cl2NO2. The molecule has 1 aromatic carbocycles. The summed E-state index contributed by atoms with van der Waals surface area (Å²) >= 11 is 12.4. The Balaban J connectivity index is 2.06. The predicted octanol–water partition coefficient (Wildman–Crippen LogP) is 3.69. The van der Waals surface area contributed by atoms with Crippen molar-refractivity contribution in [2.45, 2.75) is 37.5 Å². The van der Waals surface area contributed by atoms with Crippen LogP contribution in [0.25, 0.3) is 0 Å². The highest BCUT2D eigenvalue weighted by Gasteiger charge is 2.59. The molecule has 20 heavy (non-hydrogen) atoms. The van der Waals surface area contributed by atoms with Gasteiger partial charge in [0.05, 0.1) is 11.6 Å². The van der Waals surface area contributed by atoms with Crippen molar-refractivity contribution < 1.29 is 9.59 Å². The highest BCUT2D eigenvalue weighted by molar-refractivity contribution is 6.45. The maximum absolute atomic E-state index is 12.6. The number of hydrogen-bond acceptors (Lipinski definition) is 2. The number of benzene rings is 1. The third kappa shape index (κ3) is 1.87. The van der Waals surface area contributed by atoms with Crippen molar-refractivity contribution in [3.05, 3.63) is 28.8 Å². The number of aryl methyl sites for hydroxylation is 1. The van der Waals surface area contributed by atoms with Crippen LogP contribution in [0, 0.1) is 12.8 Å². The number of anilines is 1. The minimum Gasteiger partial charge on any atom is -0.274 e. The van der Waals surface area contributed by atoms with E-state index in [-0.39, 0.29) is 17.7 Å². The maximum atomic E-state index is 12.6. The summed E-state index contributed by atoms with van der Waals surface area (Å²) in [6, 6.07) is 5.15. The third-order valence-electron chi connectivity index (χ3n) is 4.31. The zero-order valence-electron chi connectivity index (χ0n) is 11.2. The molecule has 3 nitrogen and oxygen atoms in total. The summed E-state index contributed by atoms with van der Waals surface area (Å²) in [6.45, 7) is 1.84. The van der Waals surface area contributed by atoms with Crippen molar-refractivity contribution in [1.82, 2.24) is 0 Å². The lowest BCUT2D eigenvalue weighted by Gasteiger charge is -2.28. The lowest BCUT2D eigenvalue weighted by atomic mass is 9.80. The number of amides is 2. The Morgan fingerprint density at radius 2 is 2.05 bits per heavy atom. The molecule has 106 valence electrons. The van der Waals surface area contributed by atoms with Gasteiger partial charge in [0.1, 0.15) is 4.87 Å². The topological polar surface area (TPSA) is 37.4 Å². The molecule has 0 bridgehead atoms. The van der Waals surface area contributed by atoms with Gasteiger partial charge in [0, 0.05) is 5.02 Å². The van der Waals surface area contributed by atoms with Crippen LogP contribution in [0.1, 0.15) is 31.2 Å². The van der Waals surface area contributed by atoms with Gasteiger partial charge in [0.25, 0.3) is 5.91 Å². The summed E-state index contributed by atoms with van der Waals surface area (Å²) in [5.74, 6) is -0.838. The van der Waals surface area contributed by atoms with E-state index < -0.39 is 4.87 Å². The monoisotopic (exact) mass is 311 g/mol. The van der Waals surface area contributed by atoms with Gasteiger partial charge >= 0.3 is 0 Å². The van der Waals surface area contributed by atoms with Crippen molar-refractivity contribution in [1.29, 1.82) is 0 Å². The van der Waals surface area contributed by atoms with Crippen molar-refractivity contribution in [3.63, 3.8) is 0 Å². The zero-order valence-corrected chi connectivity index (χ0v) is 12.7. The Hall–Kier alpha value is -1.06. The van der Waals surface area contributed by atoms with Crippen molar-refractivity contribution >= 4 is 40.7 Å². The van der Waals surface area contributed by atoms with E-state index in [0.29, 0.717) is 23.6 Å². The SMILES string of the molecule is Cc1cc(Cl)ccc1N1C(=O)C2CCCCC2(Cl)C1=O. The molecule has 0 spiro atoms. The minimum absolute atomic E-state index is 0.171. The molecule has 3 rings (SSSR count). The normalized spacial score (nSPS) is 29.8. The number of nitrogens with zero attached hydrogens (tertiary/aromatic N) is 1. The summed E-state index contributed by atoms with van der Waals surface area (Å²) in [7, 11) is 0. The van der Waals surface area contributed by atoms with Gasteiger partial charge in [-0.05, 0) is 43.5 Å². The van der Waals surface area contributed by atoms with Crippen LogP contribution in [0.2, 0.25) is 5.02 Å². The standard InChI is InChI=1S/C15H15Cl2NO2/c1-9-8-10(16)5-6-12(9)18-13(19)11-4-2-3-7-15(11,17)14(18)20/h5-6,8,11H,2-4,7H2,1H3. The molecule has 0 aromatic heterocycles. The molecule has 2 aliphatic rings. The van der Waals surface area contributed by atoms with Crippen LogP contribution in [-0.2, 0) is 9.59 Å². The molecule has 1 aliphatic heterocycles. The first kappa shape index (κ1) is 13.9. The lowest BCUT2D eigenvalue weighted by molar-refractivity contribution is -0.122. The minimum atomic E-state index is -1.04. The van der Waals surface area contributed by atoms with Gasteiger partial charge in [-0.25, -0.2) is 4.90 Å².